The van der Waals surface area contributed by atoms with Gasteiger partial charge in [-0.1, -0.05) is 0 Å². The fourth-order valence-electron chi connectivity index (χ4n) is 1.19. The van der Waals surface area contributed by atoms with E-state index in [9.17, 15) is 24.0 Å². The third-order valence-corrected chi connectivity index (χ3v) is 2.11. The van der Waals surface area contributed by atoms with E-state index in [0.29, 0.717) is 0 Å². The summed E-state index contributed by atoms with van der Waals surface area (Å²) in [5.41, 5.74) is -2.74. The molecule has 0 fully saturated rings. The van der Waals surface area contributed by atoms with Crippen molar-refractivity contribution in [3.63, 3.8) is 0 Å². The second-order valence-electron chi connectivity index (χ2n) is 4.33. The van der Waals surface area contributed by atoms with Crippen molar-refractivity contribution in [2.24, 2.45) is 0 Å². The largest absolute Gasteiger partial charge is 0.481 e. The number of carboxylic acids is 5. The van der Waals surface area contributed by atoms with E-state index in [2.05, 4.69) is 0 Å². The third kappa shape index (κ3) is 12.7. The zero-order chi connectivity index (χ0) is 18.8. The molecule has 0 aromatic rings. The van der Waals surface area contributed by atoms with Crippen LogP contribution < -0.4 is 0 Å². The first-order chi connectivity index (χ1) is 10.3. The van der Waals surface area contributed by atoms with Gasteiger partial charge in [-0.15, -0.1) is 0 Å². The first kappa shape index (κ1) is 22.5. The van der Waals surface area contributed by atoms with Crippen LogP contribution in [-0.2, 0) is 24.0 Å². The Kier molecular flexibility index (Phi) is 9.88. The molecule has 0 saturated heterocycles. The number of carbonyl (C=O) groups is 5. The molecule has 0 saturated carbocycles. The van der Waals surface area contributed by atoms with Gasteiger partial charge in [-0.2, -0.15) is 0 Å². The van der Waals surface area contributed by atoms with Gasteiger partial charge in [0.2, 0.25) is 0 Å². The van der Waals surface area contributed by atoms with Crippen molar-refractivity contribution in [3.8, 4) is 0 Å². The van der Waals surface area contributed by atoms with E-state index in [-0.39, 0.29) is 0 Å². The molecule has 0 bridgehead atoms. The number of aliphatic hydroxyl groups excluding tert-OH is 1. The highest BCUT2D eigenvalue weighted by molar-refractivity contribution is 5.88. The van der Waals surface area contributed by atoms with Gasteiger partial charge in [-0.25, -0.2) is 4.79 Å². The SMILES string of the molecule is O=C(O)CC(O)(CC(=O)O)C(=O)O.O=C(O)CC(O)CC(=O)O. The summed E-state index contributed by atoms with van der Waals surface area (Å²) in [5, 5.41) is 58.5. The Balaban J connectivity index is 0. The summed E-state index contributed by atoms with van der Waals surface area (Å²) in [7, 11) is 0. The van der Waals surface area contributed by atoms with Crippen molar-refractivity contribution in [2.75, 3.05) is 0 Å². The highest BCUT2D eigenvalue weighted by atomic mass is 16.4. The van der Waals surface area contributed by atoms with E-state index < -0.39 is 67.2 Å². The van der Waals surface area contributed by atoms with Crippen LogP contribution >= 0.6 is 0 Å². The van der Waals surface area contributed by atoms with E-state index in [0.717, 1.165) is 0 Å². The number of rotatable bonds is 9. The van der Waals surface area contributed by atoms with Gasteiger partial charge in [-0.3, -0.25) is 19.2 Å². The standard InChI is InChI=1S/C6H8O7.C5H8O5/c7-3(8)1-6(13,5(11)12)2-4(9)10;6-3(1-4(7)8)2-5(9)10/h13H,1-2H2,(H,7,8)(H,9,10)(H,11,12);3,6H,1-2H2,(H,7,8)(H,9,10). The second-order valence-corrected chi connectivity index (χ2v) is 4.33. The summed E-state index contributed by atoms with van der Waals surface area (Å²) >= 11 is 0. The van der Waals surface area contributed by atoms with E-state index in [1.54, 1.807) is 0 Å². The van der Waals surface area contributed by atoms with Crippen LogP contribution in [0.25, 0.3) is 0 Å². The Morgan fingerprint density at radius 2 is 1.00 bits per heavy atom. The topological polar surface area (TPSA) is 227 Å². The van der Waals surface area contributed by atoms with Crippen molar-refractivity contribution >= 4 is 29.8 Å². The fraction of sp³-hybridized carbons (Fsp3) is 0.545. The van der Waals surface area contributed by atoms with Crippen LogP contribution in [0.3, 0.4) is 0 Å². The highest BCUT2D eigenvalue weighted by Gasteiger charge is 2.40. The molecular formula is C11H16O12. The number of aliphatic hydroxyl groups is 2. The average molecular weight is 340 g/mol. The Morgan fingerprint density at radius 3 is 1.17 bits per heavy atom. The molecule has 0 spiro atoms. The molecule has 12 nitrogen and oxygen atoms in total. The molecule has 0 aromatic heterocycles. The number of hydrogen-bond acceptors (Lipinski definition) is 7. The Labute approximate surface area is 128 Å². The molecule has 0 unspecified atom stereocenters. The van der Waals surface area contributed by atoms with Crippen LogP contribution in [0.1, 0.15) is 25.7 Å². The summed E-state index contributed by atoms with van der Waals surface area (Å²) in [6.07, 6.45) is -4.61. The maximum atomic E-state index is 10.3. The smallest absolute Gasteiger partial charge is 0.336 e. The predicted octanol–water partition coefficient (Wildman–Crippen LogP) is -1.95. The molecule has 0 radical (unpaired) electrons. The number of hydrogen-bond donors (Lipinski definition) is 7. The normalized spacial score (nSPS) is 10.4. The molecule has 7 N–H and O–H groups in total. The molecule has 0 aliphatic rings. The summed E-state index contributed by atoms with van der Waals surface area (Å²) in [6.45, 7) is 0. The lowest BCUT2D eigenvalue weighted by atomic mass is 9.96. The van der Waals surface area contributed by atoms with Crippen molar-refractivity contribution in [2.45, 2.75) is 37.4 Å². The fourth-order valence-corrected chi connectivity index (χ4v) is 1.19. The first-order valence-electron chi connectivity index (χ1n) is 5.81. The molecular weight excluding hydrogens is 324 g/mol. The van der Waals surface area contributed by atoms with Crippen molar-refractivity contribution < 1.29 is 59.7 Å². The monoisotopic (exact) mass is 340 g/mol. The lowest BCUT2D eigenvalue weighted by molar-refractivity contribution is -0.170. The van der Waals surface area contributed by atoms with Gasteiger partial charge in [0.05, 0.1) is 31.8 Å². The molecule has 0 aliphatic carbocycles. The van der Waals surface area contributed by atoms with Gasteiger partial charge >= 0.3 is 29.8 Å². The quantitative estimate of drug-likeness (QED) is 0.243. The highest BCUT2D eigenvalue weighted by Crippen LogP contribution is 2.15. The molecule has 0 rings (SSSR count). The lowest BCUT2D eigenvalue weighted by Gasteiger charge is -2.18. The van der Waals surface area contributed by atoms with Crippen LogP contribution in [0, 0.1) is 0 Å². The summed E-state index contributed by atoms with van der Waals surface area (Å²) < 4.78 is 0. The van der Waals surface area contributed by atoms with Gasteiger partial charge < -0.3 is 35.7 Å². The maximum absolute atomic E-state index is 10.3. The zero-order valence-corrected chi connectivity index (χ0v) is 11.6. The van der Waals surface area contributed by atoms with Gasteiger partial charge in [0, 0.05) is 0 Å². The van der Waals surface area contributed by atoms with Gasteiger partial charge in [-0.05, 0) is 0 Å². The molecule has 0 atom stereocenters. The van der Waals surface area contributed by atoms with E-state index in [4.69, 9.17) is 35.7 Å². The van der Waals surface area contributed by atoms with Crippen LogP contribution in [0.15, 0.2) is 0 Å². The first-order valence-corrected chi connectivity index (χ1v) is 5.81. The minimum atomic E-state index is -2.74. The Morgan fingerprint density at radius 1 is 0.696 bits per heavy atom. The number of aliphatic carboxylic acids is 5. The molecule has 0 aromatic carbocycles. The summed E-state index contributed by atoms with van der Waals surface area (Å²) in [5.74, 6) is -7.42. The van der Waals surface area contributed by atoms with Gasteiger partial charge in [0.15, 0.2) is 5.60 Å². The Hall–Kier alpha value is -2.73. The maximum Gasteiger partial charge on any atom is 0.336 e. The molecule has 132 valence electrons. The van der Waals surface area contributed by atoms with Crippen molar-refractivity contribution in [1.82, 2.24) is 0 Å². The van der Waals surface area contributed by atoms with Crippen molar-refractivity contribution in [1.29, 1.82) is 0 Å². The molecule has 12 heteroatoms. The van der Waals surface area contributed by atoms with Crippen LogP contribution in [0.4, 0.5) is 0 Å². The van der Waals surface area contributed by atoms with Crippen LogP contribution in [0.2, 0.25) is 0 Å². The molecule has 0 aliphatic heterocycles. The number of carboxylic acid groups (broad SMARTS) is 5. The van der Waals surface area contributed by atoms with E-state index in [1.165, 1.54) is 0 Å². The third-order valence-electron chi connectivity index (χ3n) is 2.11. The van der Waals surface area contributed by atoms with Crippen molar-refractivity contribution in [3.05, 3.63) is 0 Å². The van der Waals surface area contributed by atoms with E-state index in [1.807, 2.05) is 0 Å². The second kappa shape index (κ2) is 10.1. The predicted molar refractivity (Wildman–Crippen MR) is 67.6 cm³/mol. The minimum absolute atomic E-state index is 0.522. The summed E-state index contributed by atoms with van der Waals surface area (Å²) in [4.78, 5) is 50.2. The molecule has 23 heavy (non-hydrogen) atoms. The molecule has 0 heterocycles. The summed E-state index contributed by atoms with van der Waals surface area (Å²) in [6, 6.07) is 0. The van der Waals surface area contributed by atoms with E-state index >= 15 is 0 Å². The minimum Gasteiger partial charge on any atom is -0.481 e. The zero-order valence-electron chi connectivity index (χ0n) is 11.6. The van der Waals surface area contributed by atoms with Gasteiger partial charge in [0.1, 0.15) is 0 Å². The lowest BCUT2D eigenvalue weighted by Crippen LogP contribution is -2.42. The van der Waals surface area contributed by atoms with Crippen LogP contribution in [0.5, 0.6) is 0 Å². The van der Waals surface area contributed by atoms with Gasteiger partial charge in [0.25, 0.3) is 0 Å². The van der Waals surface area contributed by atoms with Crippen LogP contribution in [-0.4, -0.2) is 77.3 Å². The average Bonchev–Trinajstić information content (AvgIpc) is 2.24. The Bertz CT molecular complexity index is 436. The molecule has 0 amide bonds.